The molecule has 0 aliphatic carbocycles. The standard InChI is InChI=1S/C18H21NO2S/c1-13-8-9-14(2)16(10-13)11-22(21)12-18(20)19-17-7-5-4-6-15(17)3/h4-10H,11-12H2,1-3H3,(H,19,20)/t22-/m0/s1. The van der Waals surface area contributed by atoms with Gasteiger partial charge in [-0.05, 0) is 43.5 Å². The van der Waals surface area contributed by atoms with Crippen LogP contribution in [-0.4, -0.2) is 15.9 Å². The fourth-order valence-corrected chi connectivity index (χ4v) is 3.35. The highest BCUT2D eigenvalue weighted by Gasteiger charge is 2.11. The number of anilines is 1. The number of carbonyl (C=O) groups excluding carboxylic acids is 1. The lowest BCUT2D eigenvalue weighted by Gasteiger charge is -2.09. The van der Waals surface area contributed by atoms with Gasteiger partial charge in [0.05, 0.1) is 0 Å². The highest BCUT2D eigenvalue weighted by atomic mass is 32.2. The molecule has 0 aliphatic rings. The molecule has 4 heteroatoms. The summed E-state index contributed by atoms with van der Waals surface area (Å²) in [4.78, 5) is 12.0. The molecule has 2 rings (SSSR count). The Balaban J connectivity index is 1.96. The van der Waals surface area contributed by atoms with Gasteiger partial charge < -0.3 is 5.32 Å². The molecule has 0 heterocycles. The predicted molar refractivity (Wildman–Crippen MR) is 92.4 cm³/mol. The maximum absolute atomic E-state index is 12.2. The summed E-state index contributed by atoms with van der Waals surface area (Å²) >= 11 is 0. The zero-order chi connectivity index (χ0) is 16.1. The van der Waals surface area contributed by atoms with Gasteiger partial charge in [0.15, 0.2) is 0 Å². The van der Waals surface area contributed by atoms with Crippen molar-refractivity contribution in [2.24, 2.45) is 0 Å². The second kappa shape index (κ2) is 7.36. The van der Waals surface area contributed by atoms with Gasteiger partial charge in [0, 0.05) is 22.2 Å². The molecule has 2 aromatic carbocycles. The summed E-state index contributed by atoms with van der Waals surface area (Å²) in [5.41, 5.74) is 5.06. The Labute approximate surface area is 134 Å². The third-order valence-electron chi connectivity index (χ3n) is 3.53. The number of aryl methyl sites for hydroxylation is 3. The maximum Gasteiger partial charge on any atom is 0.237 e. The van der Waals surface area contributed by atoms with Gasteiger partial charge in [0.2, 0.25) is 5.91 Å². The number of benzene rings is 2. The maximum atomic E-state index is 12.2. The summed E-state index contributed by atoms with van der Waals surface area (Å²) in [5, 5.41) is 2.82. The van der Waals surface area contributed by atoms with Crippen molar-refractivity contribution in [2.75, 3.05) is 11.1 Å². The van der Waals surface area contributed by atoms with Gasteiger partial charge >= 0.3 is 0 Å². The molecular formula is C18H21NO2S. The Kier molecular flexibility index (Phi) is 5.50. The fraction of sp³-hybridized carbons (Fsp3) is 0.278. The molecule has 0 fully saturated rings. The number of nitrogens with one attached hydrogen (secondary N) is 1. The first-order valence-electron chi connectivity index (χ1n) is 7.22. The first kappa shape index (κ1) is 16.4. The van der Waals surface area contributed by atoms with Crippen LogP contribution in [0.1, 0.15) is 22.3 Å². The van der Waals surface area contributed by atoms with E-state index in [9.17, 15) is 9.00 Å². The van der Waals surface area contributed by atoms with Crippen LogP contribution < -0.4 is 5.32 Å². The number of hydrogen-bond acceptors (Lipinski definition) is 2. The van der Waals surface area contributed by atoms with Gasteiger partial charge in [-0.15, -0.1) is 0 Å². The van der Waals surface area contributed by atoms with Crippen molar-refractivity contribution >= 4 is 22.4 Å². The van der Waals surface area contributed by atoms with Crippen molar-refractivity contribution in [1.82, 2.24) is 0 Å². The van der Waals surface area contributed by atoms with E-state index in [1.807, 2.05) is 63.2 Å². The summed E-state index contributed by atoms with van der Waals surface area (Å²) in [6.45, 7) is 5.94. The molecule has 0 aliphatic heterocycles. The lowest BCUT2D eigenvalue weighted by Crippen LogP contribution is -2.20. The fourth-order valence-electron chi connectivity index (χ4n) is 2.23. The van der Waals surface area contributed by atoms with E-state index in [0.29, 0.717) is 5.75 Å². The molecule has 0 unspecified atom stereocenters. The Morgan fingerprint density at radius 2 is 1.77 bits per heavy atom. The summed E-state index contributed by atoms with van der Waals surface area (Å²) in [5.74, 6) is 0.217. The Bertz CT molecular complexity index is 710. The normalized spacial score (nSPS) is 12.0. The van der Waals surface area contributed by atoms with E-state index in [2.05, 4.69) is 5.32 Å². The van der Waals surface area contributed by atoms with Crippen LogP contribution in [0.3, 0.4) is 0 Å². The number of rotatable bonds is 5. The molecule has 0 saturated heterocycles. The molecule has 1 N–H and O–H groups in total. The summed E-state index contributed by atoms with van der Waals surface area (Å²) < 4.78 is 12.2. The van der Waals surface area contributed by atoms with E-state index >= 15 is 0 Å². The zero-order valence-electron chi connectivity index (χ0n) is 13.2. The van der Waals surface area contributed by atoms with E-state index in [1.165, 1.54) is 0 Å². The average Bonchev–Trinajstić information content (AvgIpc) is 2.45. The minimum Gasteiger partial charge on any atom is -0.325 e. The van der Waals surface area contributed by atoms with Crippen molar-refractivity contribution in [3.05, 3.63) is 64.7 Å². The molecule has 0 saturated carbocycles. The summed E-state index contributed by atoms with van der Waals surface area (Å²) in [6, 6.07) is 13.7. The van der Waals surface area contributed by atoms with E-state index < -0.39 is 10.8 Å². The van der Waals surface area contributed by atoms with E-state index in [1.54, 1.807) is 0 Å². The van der Waals surface area contributed by atoms with Crippen LogP contribution in [0.4, 0.5) is 5.69 Å². The van der Waals surface area contributed by atoms with Crippen LogP contribution >= 0.6 is 0 Å². The lowest BCUT2D eigenvalue weighted by molar-refractivity contribution is -0.113. The third-order valence-corrected chi connectivity index (χ3v) is 4.75. The predicted octanol–water partition coefficient (Wildman–Crippen LogP) is 3.50. The first-order valence-corrected chi connectivity index (χ1v) is 8.71. The molecule has 0 radical (unpaired) electrons. The molecule has 22 heavy (non-hydrogen) atoms. The van der Waals surface area contributed by atoms with Gasteiger partial charge in [-0.3, -0.25) is 9.00 Å². The highest BCUT2D eigenvalue weighted by molar-refractivity contribution is 7.84. The van der Waals surface area contributed by atoms with Crippen LogP contribution in [0.2, 0.25) is 0 Å². The molecule has 0 bridgehead atoms. The molecule has 2 aromatic rings. The molecule has 3 nitrogen and oxygen atoms in total. The Morgan fingerprint density at radius 3 is 2.50 bits per heavy atom. The topological polar surface area (TPSA) is 46.2 Å². The lowest BCUT2D eigenvalue weighted by atomic mass is 10.1. The largest absolute Gasteiger partial charge is 0.325 e. The molecule has 1 amide bonds. The molecule has 0 spiro atoms. The van der Waals surface area contributed by atoms with Gasteiger partial charge in [-0.25, -0.2) is 0 Å². The van der Waals surface area contributed by atoms with Crippen molar-refractivity contribution < 1.29 is 9.00 Å². The minimum absolute atomic E-state index is 0.0156. The smallest absolute Gasteiger partial charge is 0.237 e. The van der Waals surface area contributed by atoms with E-state index in [-0.39, 0.29) is 11.7 Å². The summed E-state index contributed by atoms with van der Waals surface area (Å²) in [6.07, 6.45) is 0. The molecule has 116 valence electrons. The van der Waals surface area contributed by atoms with Crippen molar-refractivity contribution in [2.45, 2.75) is 26.5 Å². The Hall–Kier alpha value is -1.94. The number of amides is 1. The van der Waals surface area contributed by atoms with Crippen molar-refractivity contribution in [3.8, 4) is 0 Å². The minimum atomic E-state index is -1.21. The van der Waals surface area contributed by atoms with Crippen LogP contribution in [0, 0.1) is 20.8 Å². The second-order valence-corrected chi connectivity index (χ2v) is 6.98. The Morgan fingerprint density at radius 1 is 1.05 bits per heavy atom. The van der Waals surface area contributed by atoms with Crippen LogP contribution in [0.25, 0.3) is 0 Å². The monoisotopic (exact) mass is 315 g/mol. The number of carbonyl (C=O) groups is 1. The van der Waals surface area contributed by atoms with Gasteiger partial charge in [-0.1, -0.05) is 42.0 Å². The zero-order valence-corrected chi connectivity index (χ0v) is 14.0. The van der Waals surface area contributed by atoms with Gasteiger partial charge in [0.1, 0.15) is 5.75 Å². The number of hydrogen-bond donors (Lipinski definition) is 1. The van der Waals surface area contributed by atoms with Crippen LogP contribution in [0.5, 0.6) is 0 Å². The van der Waals surface area contributed by atoms with Crippen molar-refractivity contribution in [3.63, 3.8) is 0 Å². The second-order valence-electron chi connectivity index (χ2n) is 5.52. The van der Waals surface area contributed by atoms with E-state index in [4.69, 9.17) is 0 Å². The van der Waals surface area contributed by atoms with Gasteiger partial charge in [-0.2, -0.15) is 0 Å². The van der Waals surface area contributed by atoms with Crippen LogP contribution in [-0.2, 0) is 21.3 Å². The SMILES string of the molecule is Cc1ccc(C)c(C[S@](=O)CC(=O)Nc2ccccc2C)c1. The van der Waals surface area contributed by atoms with Gasteiger partial charge in [0.25, 0.3) is 0 Å². The quantitative estimate of drug-likeness (QED) is 0.918. The average molecular weight is 315 g/mol. The summed E-state index contributed by atoms with van der Waals surface area (Å²) in [7, 11) is -1.21. The molecule has 1 atom stereocenters. The third kappa shape index (κ3) is 4.53. The van der Waals surface area contributed by atoms with E-state index in [0.717, 1.165) is 27.9 Å². The highest BCUT2D eigenvalue weighted by Crippen LogP contribution is 2.15. The molecule has 0 aromatic heterocycles. The van der Waals surface area contributed by atoms with Crippen LogP contribution in [0.15, 0.2) is 42.5 Å². The first-order chi connectivity index (χ1) is 10.5. The van der Waals surface area contributed by atoms with Crippen molar-refractivity contribution in [1.29, 1.82) is 0 Å². The number of para-hydroxylation sites is 1. The molecular weight excluding hydrogens is 294 g/mol.